The van der Waals surface area contributed by atoms with E-state index in [2.05, 4.69) is 55.5 Å². The quantitative estimate of drug-likeness (QED) is 0.0263. The second kappa shape index (κ2) is 31.4. The summed E-state index contributed by atoms with van der Waals surface area (Å²) in [4.78, 5) is 13.7. The molecule has 3 aliphatic heterocycles. The maximum absolute atomic E-state index is 13.7. The van der Waals surface area contributed by atoms with E-state index in [4.69, 9.17) is 56.8 Å². The fourth-order valence-electron chi connectivity index (χ4n) is 10.8. The molecule has 6 aromatic carbocycles. The van der Waals surface area contributed by atoms with Crippen molar-refractivity contribution >= 4 is 5.97 Å². The Hall–Kier alpha value is -6.07. The van der Waals surface area contributed by atoms with Crippen LogP contribution in [-0.2, 0) is 96.4 Å². The second-order valence-corrected chi connectivity index (χ2v) is 21.2. The first-order valence-corrected chi connectivity index (χ1v) is 28.6. The smallest absolute Gasteiger partial charge is 0.308 e. The van der Waals surface area contributed by atoms with E-state index in [9.17, 15) is 4.79 Å². The van der Waals surface area contributed by atoms with Gasteiger partial charge in [-0.05, 0) is 71.7 Å². The summed E-state index contributed by atoms with van der Waals surface area (Å²) in [5, 5.41) is 0. The zero-order valence-corrected chi connectivity index (χ0v) is 47.1. The first-order chi connectivity index (χ1) is 39.8. The highest BCUT2D eigenvalue weighted by atomic mass is 16.6. The molecule has 13 heteroatoms. The van der Waals surface area contributed by atoms with Crippen molar-refractivity contribution in [3.63, 3.8) is 0 Å². The molecule has 3 aliphatic rings. The number of hydrogen-bond donors (Lipinski definition) is 0. The van der Waals surface area contributed by atoms with Gasteiger partial charge in [-0.2, -0.15) is 0 Å². The number of fused-ring (bicyclic) bond motifs is 1. The van der Waals surface area contributed by atoms with Crippen molar-refractivity contribution in [1.82, 2.24) is 0 Å². The van der Waals surface area contributed by atoms with E-state index in [1.807, 2.05) is 140 Å². The van der Waals surface area contributed by atoms with E-state index in [1.165, 1.54) is 7.11 Å². The van der Waals surface area contributed by atoms with Crippen LogP contribution < -0.4 is 4.74 Å². The van der Waals surface area contributed by atoms with Crippen LogP contribution in [0.2, 0.25) is 0 Å². The van der Waals surface area contributed by atoms with Crippen molar-refractivity contribution in [1.29, 1.82) is 0 Å². The van der Waals surface area contributed by atoms with Gasteiger partial charge in [-0.15, -0.1) is 0 Å². The average molecular weight is 1110 g/mol. The van der Waals surface area contributed by atoms with Gasteiger partial charge in [0.2, 0.25) is 0 Å². The van der Waals surface area contributed by atoms with Gasteiger partial charge in [0, 0.05) is 19.4 Å². The molecule has 81 heavy (non-hydrogen) atoms. The summed E-state index contributed by atoms with van der Waals surface area (Å²) >= 11 is 0. The molecule has 2 fully saturated rings. The Morgan fingerprint density at radius 1 is 0.519 bits per heavy atom. The van der Waals surface area contributed by atoms with Gasteiger partial charge < -0.3 is 56.8 Å². The highest BCUT2D eigenvalue weighted by molar-refractivity contribution is 5.69. The number of methoxy groups -OCH3 is 2. The maximum atomic E-state index is 13.7. The Morgan fingerprint density at radius 2 is 1.05 bits per heavy atom. The number of carbonyl (C=O) groups is 1. The van der Waals surface area contributed by atoms with Crippen LogP contribution in [0.25, 0.3) is 0 Å². The Balaban J connectivity index is 1.02. The van der Waals surface area contributed by atoms with Crippen LogP contribution in [-0.4, -0.2) is 113 Å². The predicted molar refractivity (Wildman–Crippen MR) is 308 cm³/mol. The van der Waals surface area contributed by atoms with Crippen molar-refractivity contribution in [2.45, 2.75) is 145 Å². The highest BCUT2D eigenvalue weighted by Crippen LogP contribution is 2.44. The molecular weight excluding hydrogens is 1020 g/mol. The molecule has 6 aromatic rings. The third-order valence-electron chi connectivity index (χ3n) is 15.4. The van der Waals surface area contributed by atoms with E-state index in [1.54, 1.807) is 7.11 Å². The van der Waals surface area contributed by atoms with Crippen molar-refractivity contribution < 1.29 is 61.6 Å². The van der Waals surface area contributed by atoms with Gasteiger partial charge >= 0.3 is 5.97 Å². The zero-order chi connectivity index (χ0) is 55.9. The van der Waals surface area contributed by atoms with Crippen molar-refractivity contribution in [2.75, 3.05) is 40.6 Å². The number of esters is 1. The molecule has 0 spiro atoms. The molecule has 0 aromatic heterocycles. The van der Waals surface area contributed by atoms with E-state index in [-0.39, 0.29) is 25.7 Å². The van der Waals surface area contributed by atoms with Crippen LogP contribution in [0.5, 0.6) is 5.75 Å². The van der Waals surface area contributed by atoms with Crippen LogP contribution in [0.4, 0.5) is 0 Å². The molecular formula is C68H80O13. The number of carbonyl (C=O) groups excluding carboxylic acids is 1. The monoisotopic (exact) mass is 1100 g/mol. The minimum atomic E-state index is -1.07. The first kappa shape index (κ1) is 59.5. The van der Waals surface area contributed by atoms with Gasteiger partial charge in [0.1, 0.15) is 29.7 Å². The van der Waals surface area contributed by atoms with Gasteiger partial charge in [0.15, 0.2) is 0 Å². The number of ether oxygens (including phenoxy) is 12. The molecule has 9 rings (SSSR count). The summed E-state index contributed by atoms with van der Waals surface area (Å²) in [6.07, 6.45) is 0.831. The zero-order valence-electron chi connectivity index (χ0n) is 47.1. The third kappa shape index (κ3) is 18.0. The Labute approximate surface area is 478 Å². The van der Waals surface area contributed by atoms with Gasteiger partial charge in [-0.1, -0.05) is 176 Å². The highest BCUT2D eigenvalue weighted by Gasteiger charge is 2.57. The van der Waals surface area contributed by atoms with Gasteiger partial charge in [-0.3, -0.25) is 4.79 Å². The Kier molecular flexibility index (Phi) is 23.1. The minimum absolute atomic E-state index is 0.0832. The first-order valence-electron chi connectivity index (χ1n) is 28.6. The Bertz CT molecular complexity index is 2730. The summed E-state index contributed by atoms with van der Waals surface area (Å²) in [5.41, 5.74) is 5.28. The third-order valence-corrected chi connectivity index (χ3v) is 15.4. The number of rotatable bonds is 28. The molecule has 0 N–H and O–H groups in total. The van der Waals surface area contributed by atoms with E-state index in [0.29, 0.717) is 71.9 Å². The molecule has 11 atom stereocenters. The van der Waals surface area contributed by atoms with Crippen molar-refractivity contribution in [3.8, 4) is 5.75 Å². The summed E-state index contributed by atoms with van der Waals surface area (Å²) < 4.78 is 80.3. The molecule has 2 saturated heterocycles. The largest absolute Gasteiger partial charge is 0.497 e. The average Bonchev–Trinajstić information content (AvgIpc) is 3.92. The van der Waals surface area contributed by atoms with Crippen LogP contribution >= 0.6 is 0 Å². The fraction of sp³-hybridized carbons (Fsp3) is 0.426. The molecule has 430 valence electrons. The number of benzene rings is 6. The second-order valence-electron chi connectivity index (χ2n) is 21.2. The van der Waals surface area contributed by atoms with Gasteiger partial charge in [-0.25, -0.2) is 0 Å². The van der Waals surface area contributed by atoms with E-state index in [0.717, 1.165) is 45.6 Å². The topological polar surface area (TPSA) is 128 Å². The molecule has 0 radical (unpaired) electrons. The summed E-state index contributed by atoms with van der Waals surface area (Å²) in [7, 11) is 3.06. The number of hydrogen-bond acceptors (Lipinski definition) is 13. The summed E-state index contributed by atoms with van der Waals surface area (Å²) in [6.45, 7) is 5.32. The lowest BCUT2D eigenvalue weighted by Gasteiger charge is -2.50. The van der Waals surface area contributed by atoms with Crippen molar-refractivity contribution in [2.24, 2.45) is 0 Å². The normalized spacial score (nSPS) is 26.1. The predicted octanol–water partition coefficient (Wildman–Crippen LogP) is 11.6. The molecule has 0 unspecified atom stereocenters. The van der Waals surface area contributed by atoms with Crippen molar-refractivity contribution in [3.05, 3.63) is 221 Å². The van der Waals surface area contributed by atoms with Crippen LogP contribution in [0.1, 0.15) is 72.4 Å². The maximum Gasteiger partial charge on any atom is 0.308 e. The molecule has 0 saturated carbocycles. The van der Waals surface area contributed by atoms with E-state index >= 15 is 0 Å². The molecule has 0 bridgehead atoms. The van der Waals surface area contributed by atoms with Crippen LogP contribution in [0, 0.1) is 0 Å². The molecule has 3 heterocycles. The van der Waals surface area contributed by atoms with Gasteiger partial charge in [0.25, 0.3) is 0 Å². The van der Waals surface area contributed by atoms with Crippen LogP contribution in [0.3, 0.4) is 0 Å². The standard InChI is InChI=1S/C68H80O13/c1-68-65(77-47-55-28-17-8-18-29-55)41-61(62(42-67(69)71-3)80-66(68)40-60(76-46-54-26-15-7-16-27-54)64(81-68)49-74-44-52-22-11-5-12-23-52)78-58-31-19-30-57(75-45-53-24-13-6-14-25-53)63(48-73-43-51-20-9-4-10-21-51)79-59(58)37-39-72-38-36-50-32-34-56(70-2)35-33-50/h4-29,31-35,57-66H,30,36-49H2,1-3H3/b31-19-/t57-,58+,59-,60+,61-,62+,63+,64-,65-,66-,68+/m1/s1. The Morgan fingerprint density at radius 3 is 1.60 bits per heavy atom. The lowest BCUT2D eigenvalue weighted by atomic mass is 9.82. The van der Waals surface area contributed by atoms with Gasteiger partial charge in [0.05, 0.1) is 116 Å². The van der Waals surface area contributed by atoms with Crippen LogP contribution in [0.15, 0.2) is 188 Å². The summed E-state index contributed by atoms with van der Waals surface area (Å²) in [5.74, 6) is 0.376. The minimum Gasteiger partial charge on any atom is -0.497 e. The lowest BCUT2D eigenvalue weighted by molar-refractivity contribution is -0.284. The molecule has 13 nitrogen and oxygen atoms in total. The SMILES string of the molecule is COC(=O)C[C@@H]1O[C@@H]2C[C@H](OCc3ccccc3)[C@@H](COCc3ccccc3)O[C@@]2(C)[C@H](OCc2ccccc2)C[C@H]1O[C@H]1/C=C\C[C@@H](OCc2ccccc2)[C@H](COCc2ccccc2)O[C@@H]1CCOCCc1ccc(OC)cc1. The summed E-state index contributed by atoms with van der Waals surface area (Å²) in [6, 6.07) is 58.6. The molecule has 0 aliphatic carbocycles. The fourth-order valence-corrected chi connectivity index (χ4v) is 10.8. The lowest BCUT2D eigenvalue weighted by Crippen LogP contribution is -2.62. The molecule has 0 amide bonds. The van der Waals surface area contributed by atoms with E-state index < -0.39 is 66.5 Å².